The van der Waals surface area contributed by atoms with Crippen molar-refractivity contribution in [1.82, 2.24) is 9.88 Å². The Kier molecular flexibility index (Phi) is 8.03. The molecular formula is C31H32N4O4. The monoisotopic (exact) mass is 524 g/mol. The summed E-state index contributed by atoms with van der Waals surface area (Å²) in [5.74, 6) is 2.97. The van der Waals surface area contributed by atoms with Crippen molar-refractivity contribution in [2.75, 3.05) is 37.3 Å². The second kappa shape index (κ2) is 12.0. The van der Waals surface area contributed by atoms with Crippen LogP contribution in [0, 0.1) is 11.8 Å². The zero-order valence-electron chi connectivity index (χ0n) is 21.8. The minimum absolute atomic E-state index is 0.0228. The number of para-hydroxylation sites is 1. The highest BCUT2D eigenvalue weighted by molar-refractivity contribution is 5.92. The lowest BCUT2D eigenvalue weighted by Gasteiger charge is -2.15. The van der Waals surface area contributed by atoms with Gasteiger partial charge in [-0.25, -0.2) is 4.98 Å². The molecule has 2 heterocycles. The van der Waals surface area contributed by atoms with Crippen molar-refractivity contribution in [3.05, 3.63) is 90.1 Å². The zero-order valence-corrected chi connectivity index (χ0v) is 21.8. The van der Waals surface area contributed by atoms with Crippen molar-refractivity contribution in [3.63, 3.8) is 0 Å². The van der Waals surface area contributed by atoms with Gasteiger partial charge in [-0.05, 0) is 71.4 Å². The van der Waals surface area contributed by atoms with Crippen LogP contribution in [0.5, 0.6) is 11.5 Å². The molecule has 0 radical (unpaired) electrons. The summed E-state index contributed by atoms with van der Waals surface area (Å²) in [6, 6.07) is 19.8. The number of hydrogen-bond acceptors (Lipinski definition) is 7. The van der Waals surface area contributed by atoms with Gasteiger partial charge in [0.1, 0.15) is 29.7 Å². The Morgan fingerprint density at radius 1 is 1.15 bits per heavy atom. The molecule has 3 atom stereocenters. The van der Waals surface area contributed by atoms with Crippen LogP contribution in [-0.4, -0.2) is 60.0 Å². The number of ether oxygens (including phenoxy) is 1. The van der Waals surface area contributed by atoms with Crippen LogP contribution in [-0.2, 0) is 9.59 Å². The van der Waals surface area contributed by atoms with E-state index in [0.29, 0.717) is 36.2 Å². The van der Waals surface area contributed by atoms with Crippen molar-refractivity contribution in [3.8, 4) is 11.5 Å². The highest BCUT2D eigenvalue weighted by Gasteiger charge is 2.37. The number of fused-ring (bicyclic) bond motifs is 1. The van der Waals surface area contributed by atoms with E-state index in [0.717, 1.165) is 30.0 Å². The molecule has 0 saturated carbocycles. The number of benzene rings is 2. The number of carbonyl (C=O) groups is 2. The molecule has 1 aromatic heterocycles. The number of aliphatic hydroxyl groups is 1. The number of likely N-dealkylation sites (tertiary alicyclic amines) is 1. The quantitative estimate of drug-likeness (QED) is 0.266. The molecule has 1 aliphatic heterocycles. The van der Waals surface area contributed by atoms with E-state index in [-0.39, 0.29) is 12.5 Å². The van der Waals surface area contributed by atoms with Crippen molar-refractivity contribution >= 4 is 35.3 Å². The first kappa shape index (κ1) is 26.2. The van der Waals surface area contributed by atoms with Crippen molar-refractivity contribution in [2.24, 2.45) is 11.8 Å². The van der Waals surface area contributed by atoms with Crippen LogP contribution in [0.1, 0.15) is 17.5 Å². The molecule has 1 amide bonds. The Hall–Kier alpha value is -4.43. The third-order valence-corrected chi connectivity index (χ3v) is 7.13. The highest BCUT2D eigenvalue weighted by Crippen LogP contribution is 2.41. The Morgan fingerprint density at radius 3 is 2.64 bits per heavy atom. The summed E-state index contributed by atoms with van der Waals surface area (Å²) in [5, 5.41) is 15.5. The fourth-order valence-electron chi connectivity index (χ4n) is 5.11. The van der Waals surface area contributed by atoms with Gasteiger partial charge in [0.05, 0.1) is 5.69 Å². The first-order valence-electron chi connectivity index (χ1n) is 13.1. The SMILES string of the molecule is CNc1ncc(/C=C/C(=O)N2CC3C=C(c4ccc(Oc5ccccc5)cc4)CC3C2)cc1NCC(O)C=O. The highest BCUT2D eigenvalue weighted by atomic mass is 16.5. The van der Waals surface area contributed by atoms with Gasteiger partial charge in [-0.3, -0.25) is 4.79 Å². The first-order chi connectivity index (χ1) is 19.0. The fourth-order valence-corrected chi connectivity index (χ4v) is 5.11. The number of allylic oxidation sites excluding steroid dienone is 1. The molecule has 3 aromatic rings. The first-order valence-corrected chi connectivity index (χ1v) is 13.1. The molecule has 200 valence electrons. The smallest absolute Gasteiger partial charge is 0.246 e. The minimum atomic E-state index is -1.10. The third kappa shape index (κ3) is 6.35. The lowest BCUT2D eigenvalue weighted by atomic mass is 9.98. The van der Waals surface area contributed by atoms with Crippen LogP contribution in [0.25, 0.3) is 11.6 Å². The molecular weight excluding hydrogens is 492 g/mol. The van der Waals surface area contributed by atoms with Gasteiger partial charge < -0.3 is 30.2 Å². The number of rotatable bonds is 10. The number of pyridine rings is 1. The van der Waals surface area contributed by atoms with Crippen LogP contribution < -0.4 is 15.4 Å². The van der Waals surface area contributed by atoms with Crippen LogP contribution in [0.15, 0.2) is 79.0 Å². The second-order valence-corrected chi connectivity index (χ2v) is 9.84. The molecule has 8 nitrogen and oxygen atoms in total. The molecule has 5 rings (SSSR count). The molecule has 3 unspecified atom stereocenters. The van der Waals surface area contributed by atoms with Crippen LogP contribution in [0.2, 0.25) is 0 Å². The van der Waals surface area contributed by atoms with Gasteiger partial charge in [0.25, 0.3) is 0 Å². The van der Waals surface area contributed by atoms with Gasteiger partial charge in [-0.1, -0.05) is 36.4 Å². The summed E-state index contributed by atoms with van der Waals surface area (Å²) >= 11 is 0. The Morgan fingerprint density at radius 2 is 1.92 bits per heavy atom. The predicted octanol–water partition coefficient (Wildman–Crippen LogP) is 4.46. The number of nitrogens with one attached hydrogen (secondary N) is 2. The Bertz CT molecular complexity index is 1370. The summed E-state index contributed by atoms with van der Waals surface area (Å²) in [6.07, 6.45) is 7.63. The van der Waals surface area contributed by atoms with Gasteiger partial charge in [0.15, 0.2) is 0 Å². The number of amides is 1. The maximum absolute atomic E-state index is 12.9. The second-order valence-electron chi connectivity index (χ2n) is 9.84. The lowest BCUT2D eigenvalue weighted by Crippen LogP contribution is -2.27. The zero-order chi connectivity index (χ0) is 27.2. The summed E-state index contributed by atoms with van der Waals surface area (Å²) in [5.41, 5.74) is 3.91. The molecule has 1 fully saturated rings. The van der Waals surface area contributed by atoms with Crippen molar-refractivity contribution in [2.45, 2.75) is 12.5 Å². The number of aldehydes is 1. The molecule has 1 saturated heterocycles. The van der Waals surface area contributed by atoms with Gasteiger partial charge >= 0.3 is 0 Å². The van der Waals surface area contributed by atoms with E-state index in [1.54, 1.807) is 25.4 Å². The number of anilines is 2. The minimum Gasteiger partial charge on any atom is -0.457 e. The molecule has 2 aromatic carbocycles. The van der Waals surface area contributed by atoms with E-state index in [1.807, 2.05) is 53.4 Å². The number of hydrogen-bond donors (Lipinski definition) is 3. The summed E-state index contributed by atoms with van der Waals surface area (Å²) in [7, 11) is 1.74. The van der Waals surface area contributed by atoms with E-state index in [1.165, 1.54) is 11.1 Å². The number of aliphatic hydroxyl groups excluding tert-OH is 1. The van der Waals surface area contributed by atoms with Crippen molar-refractivity contribution < 1.29 is 19.4 Å². The molecule has 3 N–H and O–H groups in total. The normalized spacial score (nSPS) is 18.9. The average Bonchev–Trinajstić information content (AvgIpc) is 3.55. The van der Waals surface area contributed by atoms with Crippen LogP contribution >= 0.6 is 0 Å². The lowest BCUT2D eigenvalue weighted by molar-refractivity contribution is -0.125. The topological polar surface area (TPSA) is 104 Å². The number of aromatic nitrogens is 1. The van der Waals surface area contributed by atoms with Gasteiger partial charge in [0, 0.05) is 39.0 Å². The molecule has 0 bridgehead atoms. The average molecular weight is 525 g/mol. The Labute approximate surface area is 228 Å². The summed E-state index contributed by atoms with van der Waals surface area (Å²) < 4.78 is 5.91. The van der Waals surface area contributed by atoms with Gasteiger partial charge in [0.2, 0.25) is 5.91 Å². The molecule has 0 spiro atoms. The van der Waals surface area contributed by atoms with E-state index < -0.39 is 6.10 Å². The van der Waals surface area contributed by atoms with E-state index in [2.05, 4.69) is 33.8 Å². The molecule has 1 aliphatic carbocycles. The van der Waals surface area contributed by atoms with Gasteiger partial charge in [-0.15, -0.1) is 0 Å². The molecule has 39 heavy (non-hydrogen) atoms. The maximum Gasteiger partial charge on any atom is 0.246 e. The van der Waals surface area contributed by atoms with E-state index in [4.69, 9.17) is 4.74 Å². The Balaban J connectivity index is 1.17. The van der Waals surface area contributed by atoms with E-state index in [9.17, 15) is 14.7 Å². The fraction of sp³-hybridized carbons (Fsp3) is 0.258. The largest absolute Gasteiger partial charge is 0.457 e. The van der Waals surface area contributed by atoms with Crippen LogP contribution in [0.3, 0.4) is 0 Å². The molecule has 2 aliphatic rings. The standard InChI is InChI=1S/C31H32N4O4/c1-32-31-29(33-17-26(37)20-36)13-21(16-34-31)7-12-30(38)35-18-24-14-23(15-25(24)19-35)22-8-10-28(11-9-22)39-27-5-3-2-4-6-27/h2-14,16,20,24-26,33,37H,15,17-19H2,1H3,(H,32,34)/b12-7+. The van der Waals surface area contributed by atoms with Crippen molar-refractivity contribution in [1.29, 1.82) is 0 Å². The summed E-state index contributed by atoms with van der Waals surface area (Å²) in [6.45, 7) is 1.51. The third-order valence-electron chi connectivity index (χ3n) is 7.13. The molecule has 8 heteroatoms. The summed E-state index contributed by atoms with van der Waals surface area (Å²) in [4.78, 5) is 29.9. The number of nitrogens with zero attached hydrogens (tertiary/aromatic N) is 2. The number of carbonyl (C=O) groups excluding carboxylic acids is 2. The van der Waals surface area contributed by atoms with Crippen LogP contribution in [0.4, 0.5) is 11.5 Å². The van der Waals surface area contributed by atoms with Gasteiger partial charge in [-0.2, -0.15) is 0 Å². The predicted molar refractivity (Wildman–Crippen MR) is 152 cm³/mol. The maximum atomic E-state index is 12.9. The van der Waals surface area contributed by atoms with E-state index >= 15 is 0 Å².